The molecule has 1 aromatic carbocycles. The minimum Gasteiger partial charge on any atom is -0.454 e. The number of aromatic nitrogens is 2. The fraction of sp³-hybridized carbons (Fsp3) is 0.480. The van der Waals surface area contributed by atoms with Crippen LogP contribution < -0.4 is 9.47 Å². The summed E-state index contributed by atoms with van der Waals surface area (Å²) in [5.41, 5.74) is 1.21. The van der Waals surface area contributed by atoms with E-state index in [0.717, 1.165) is 75.0 Å². The summed E-state index contributed by atoms with van der Waals surface area (Å²) in [5, 5.41) is 6.10. The highest BCUT2D eigenvalue weighted by molar-refractivity contribution is 7.13. The number of piperazine rings is 1. The number of benzene rings is 1. The van der Waals surface area contributed by atoms with Gasteiger partial charge in [-0.3, -0.25) is 14.6 Å². The average molecular weight is 496 g/mol. The molecule has 3 aliphatic rings. The zero-order valence-electron chi connectivity index (χ0n) is 19.6. The van der Waals surface area contributed by atoms with Crippen molar-refractivity contribution in [2.75, 3.05) is 46.1 Å². The second-order valence-electron chi connectivity index (χ2n) is 9.33. The van der Waals surface area contributed by atoms with E-state index < -0.39 is 0 Å². The minimum atomic E-state index is 0.107. The van der Waals surface area contributed by atoms with E-state index in [1.54, 1.807) is 11.3 Å². The smallest absolute Gasteiger partial charge is 0.241 e. The lowest BCUT2D eigenvalue weighted by atomic mass is 9.95. The molecule has 10 heteroatoms. The van der Waals surface area contributed by atoms with Gasteiger partial charge in [0.2, 0.25) is 24.4 Å². The predicted molar refractivity (Wildman–Crippen MR) is 130 cm³/mol. The maximum absolute atomic E-state index is 13.2. The Bertz CT molecular complexity index is 1150. The van der Waals surface area contributed by atoms with E-state index >= 15 is 0 Å². The summed E-state index contributed by atoms with van der Waals surface area (Å²) in [6, 6.07) is 10.1. The lowest BCUT2D eigenvalue weighted by molar-refractivity contribution is -0.139. The number of carbonyl (C=O) groups excluding carboxylic acids is 1. The summed E-state index contributed by atoms with van der Waals surface area (Å²) in [6.45, 7) is 6.90. The van der Waals surface area contributed by atoms with Crippen molar-refractivity contribution in [3.05, 3.63) is 47.2 Å². The van der Waals surface area contributed by atoms with Crippen LogP contribution in [0.15, 0.2) is 40.2 Å². The normalized spacial score (nSPS) is 19.4. The number of carbonyl (C=O) groups is 1. The van der Waals surface area contributed by atoms with Crippen LogP contribution in [0.5, 0.6) is 11.5 Å². The van der Waals surface area contributed by atoms with Crippen molar-refractivity contribution in [1.82, 2.24) is 24.8 Å². The van der Waals surface area contributed by atoms with E-state index in [1.807, 2.05) is 23.6 Å². The molecule has 5 heterocycles. The SMILES string of the molecule is O=C(C1CCN(Cc2nc(-c3cccs3)no2)CC1)N1CCN(Cc2ccc3c(c2)OCO3)CC1. The molecule has 0 saturated carbocycles. The van der Waals surface area contributed by atoms with Crippen molar-refractivity contribution >= 4 is 17.2 Å². The standard InChI is InChI=1S/C25H29N5O4S/c31-25(30-11-9-29(10-12-30)15-18-3-4-20-21(14-18)33-17-32-20)19-5-7-28(8-6-19)16-23-26-24(27-34-23)22-2-1-13-35-22/h1-4,13-14,19H,5-12,15-17H2. The molecule has 0 bridgehead atoms. The maximum atomic E-state index is 13.2. The molecule has 0 atom stereocenters. The summed E-state index contributed by atoms with van der Waals surface area (Å²) in [5.74, 6) is 3.34. The van der Waals surface area contributed by atoms with Crippen LogP contribution in [0.3, 0.4) is 0 Å². The molecule has 0 radical (unpaired) electrons. The molecule has 0 N–H and O–H groups in total. The lowest BCUT2D eigenvalue weighted by Gasteiger charge is -2.38. The van der Waals surface area contributed by atoms with E-state index in [4.69, 9.17) is 14.0 Å². The molecule has 6 rings (SSSR count). The Morgan fingerprint density at radius 3 is 2.57 bits per heavy atom. The molecular weight excluding hydrogens is 466 g/mol. The van der Waals surface area contributed by atoms with Gasteiger partial charge in [0.25, 0.3) is 0 Å². The van der Waals surface area contributed by atoms with E-state index in [-0.39, 0.29) is 5.92 Å². The van der Waals surface area contributed by atoms with Crippen molar-refractivity contribution in [2.45, 2.75) is 25.9 Å². The van der Waals surface area contributed by atoms with E-state index in [9.17, 15) is 4.79 Å². The van der Waals surface area contributed by atoms with Crippen molar-refractivity contribution in [3.63, 3.8) is 0 Å². The molecule has 0 spiro atoms. The minimum absolute atomic E-state index is 0.107. The number of hydrogen-bond donors (Lipinski definition) is 0. The second kappa shape index (κ2) is 9.96. The van der Waals surface area contributed by atoms with E-state index in [0.29, 0.717) is 31.0 Å². The van der Waals surface area contributed by atoms with Crippen LogP contribution in [-0.4, -0.2) is 76.8 Å². The first-order valence-electron chi connectivity index (χ1n) is 12.2. The Hall–Kier alpha value is -2.95. The van der Waals surface area contributed by atoms with Crippen LogP contribution in [0, 0.1) is 5.92 Å². The van der Waals surface area contributed by atoms with Crippen LogP contribution in [0.4, 0.5) is 0 Å². The first-order valence-corrected chi connectivity index (χ1v) is 13.1. The molecule has 2 fully saturated rings. The molecule has 184 valence electrons. The highest BCUT2D eigenvalue weighted by Gasteiger charge is 2.31. The van der Waals surface area contributed by atoms with Crippen molar-refractivity contribution in [2.24, 2.45) is 5.92 Å². The molecule has 0 unspecified atom stereocenters. The molecular formula is C25H29N5O4S. The van der Waals surface area contributed by atoms with Crippen molar-refractivity contribution in [1.29, 1.82) is 0 Å². The summed E-state index contributed by atoms with van der Waals surface area (Å²) in [6.07, 6.45) is 1.75. The van der Waals surface area contributed by atoms with E-state index in [2.05, 4.69) is 37.0 Å². The molecule has 2 saturated heterocycles. The van der Waals surface area contributed by atoms with Gasteiger partial charge in [0, 0.05) is 38.6 Å². The van der Waals surface area contributed by atoms with Gasteiger partial charge >= 0.3 is 0 Å². The van der Waals surface area contributed by atoms with Gasteiger partial charge in [-0.1, -0.05) is 17.3 Å². The van der Waals surface area contributed by atoms with Crippen LogP contribution in [0.2, 0.25) is 0 Å². The number of fused-ring (bicyclic) bond motifs is 1. The largest absolute Gasteiger partial charge is 0.454 e. The van der Waals surface area contributed by atoms with Gasteiger partial charge in [-0.15, -0.1) is 11.3 Å². The van der Waals surface area contributed by atoms with Crippen LogP contribution >= 0.6 is 11.3 Å². The van der Waals surface area contributed by atoms with Crippen LogP contribution in [-0.2, 0) is 17.9 Å². The Morgan fingerprint density at radius 2 is 1.77 bits per heavy atom. The van der Waals surface area contributed by atoms with Gasteiger partial charge in [-0.2, -0.15) is 4.98 Å². The average Bonchev–Trinajstić information content (AvgIpc) is 3.66. The highest BCUT2D eigenvalue weighted by Crippen LogP contribution is 2.33. The quantitative estimate of drug-likeness (QED) is 0.516. The number of thiophene rings is 1. The zero-order chi connectivity index (χ0) is 23.6. The monoisotopic (exact) mass is 495 g/mol. The first kappa shape index (κ1) is 22.5. The Balaban J connectivity index is 0.948. The maximum Gasteiger partial charge on any atom is 0.241 e. The van der Waals surface area contributed by atoms with Crippen LogP contribution in [0.1, 0.15) is 24.3 Å². The summed E-state index contributed by atoms with van der Waals surface area (Å²) in [7, 11) is 0. The number of piperidine rings is 1. The second-order valence-corrected chi connectivity index (χ2v) is 10.3. The molecule has 1 amide bonds. The van der Waals surface area contributed by atoms with Crippen molar-refractivity contribution < 1.29 is 18.8 Å². The van der Waals surface area contributed by atoms with Gasteiger partial charge in [-0.05, 0) is 55.1 Å². The molecule has 3 aliphatic heterocycles. The fourth-order valence-electron chi connectivity index (χ4n) is 5.04. The van der Waals surface area contributed by atoms with Gasteiger partial charge in [-0.25, -0.2) is 0 Å². The molecule has 2 aromatic heterocycles. The summed E-state index contributed by atoms with van der Waals surface area (Å²) < 4.78 is 16.3. The van der Waals surface area contributed by atoms with Gasteiger partial charge in [0.15, 0.2) is 11.5 Å². The Morgan fingerprint density at radius 1 is 0.971 bits per heavy atom. The summed E-state index contributed by atoms with van der Waals surface area (Å²) >= 11 is 1.60. The molecule has 35 heavy (non-hydrogen) atoms. The lowest BCUT2D eigenvalue weighted by Crippen LogP contribution is -2.51. The van der Waals surface area contributed by atoms with Crippen molar-refractivity contribution in [3.8, 4) is 22.2 Å². The fourth-order valence-corrected chi connectivity index (χ4v) is 5.69. The van der Waals surface area contributed by atoms with E-state index in [1.165, 1.54) is 5.56 Å². The number of amides is 1. The number of hydrogen-bond acceptors (Lipinski definition) is 9. The molecule has 9 nitrogen and oxygen atoms in total. The van der Waals surface area contributed by atoms with Gasteiger partial charge < -0.3 is 18.9 Å². The van der Waals surface area contributed by atoms with Crippen LogP contribution in [0.25, 0.3) is 10.7 Å². The third-order valence-corrected chi connectivity index (χ3v) is 7.90. The Labute approximate surface area is 208 Å². The first-order chi connectivity index (χ1) is 17.2. The summed E-state index contributed by atoms with van der Waals surface area (Å²) in [4.78, 5) is 25.5. The zero-order valence-corrected chi connectivity index (χ0v) is 20.4. The van der Waals surface area contributed by atoms with Gasteiger partial charge in [0.05, 0.1) is 11.4 Å². The number of nitrogens with zero attached hydrogens (tertiary/aromatic N) is 5. The predicted octanol–water partition coefficient (Wildman–Crippen LogP) is 3.08. The molecule has 3 aromatic rings. The molecule has 0 aliphatic carbocycles. The third kappa shape index (κ3) is 5.05. The topological polar surface area (TPSA) is 84.2 Å². The number of ether oxygens (including phenoxy) is 2. The van der Waals surface area contributed by atoms with Gasteiger partial charge in [0.1, 0.15) is 0 Å². The highest BCUT2D eigenvalue weighted by atomic mass is 32.1. The number of rotatable bonds is 6. The number of likely N-dealkylation sites (tertiary alicyclic amines) is 1. The third-order valence-electron chi connectivity index (χ3n) is 7.03. The Kier molecular flexibility index (Phi) is 6.41.